The summed E-state index contributed by atoms with van der Waals surface area (Å²) in [4.78, 5) is 0. The van der Waals surface area contributed by atoms with E-state index in [1.807, 2.05) is 30.3 Å². The van der Waals surface area contributed by atoms with Crippen LogP contribution < -0.4 is 4.74 Å². The number of methoxy groups -OCH3 is 1. The Labute approximate surface area is 137 Å². The van der Waals surface area contributed by atoms with Gasteiger partial charge in [-0.25, -0.2) is 0 Å². The Bertz CT molecular complexity index is 604. The molecule has 1 heterocycles. The van der Waals surface area contributed by atoms with Gasteiger partial charge in [0.2, 0.25) is 0 Å². The van der Waals surface area contributed by atoms with Crippen molar-refractivity contribution in [2.45, 2.75) is 32.2 Å². The molecule has 0 amide bonds. The maximum atomic E-state index is 9.81. The summed E-state index contributed by atoms with van der Waals surface area (Å²) in [7, 11) is 1.65. The summed E-state index contributed by atoms with van der Waals surface area (Å²) >= 11 is 0. The van der Waals surface area contributed by atoms with Crippen molar-refractivity contribution in [3.8, 4) is 5.75 Å². The number of hydrogen-bond donors (Lipinski definition) is 1. The number of ether oxygens (including phenoxy) is 3. The molecule has 2 aliphatic rings. The van der Waals surface area contributed by atoms with Crippen molar-refractivity contribution in [1.29, 1.82) is 0 Å². The highest BCUT2D eigenvalue weighted by Crippen LogP contribution is 2.45. The number of benzene rings is 1. The van der Waals surface area contributed by atoms with Crippen molar-refractivity contribution < 1.29 is 19.3 Å². The van der Waals surface area contributed by atoms with Gasteiger partial charge in [0, 0.05) is 11.0 Å². The molecule has 0 radical (unpaired) electrons. The number of aliphatic hydroxyl groups excluding tert-OH is 1. The van der Waals surface area contributed by atoms with Crippen LogP contribution in [0.3, 0.4) is 0 Å². The van der Waals surface area contributed by atoms with Crippen molar-refractivity contribution in [2.24, 2.45) is 5.41 Å². The van der Waals surface area contributed by atoms with Crippen molar-refractivity contribution in [1.82, 2.24) is 0 Å². The van der Waals surface area contributed by atoms with Gasteiger partial charge in [0.05, 0.1) is 26.4 Å². The Kier molecular flexibility index (Phi) is 4.57. The second-order valence-electron chi connectivity index (χ2n) is 6.36. The largest absolute Gasteiger partial charge is 0.497 e. The maximum absolute atomic E-state index is 9.81. The Morgan fingerprint density at radius 2 is 2.13 bits per heavy atom. The minimum Gasteiger partial charge on any atom is -0.497 e. The zero-order valence-corrected chi connectivity index (χ0v) is 13.7. The summed E-state index contributed by atoms with van der Waals surface area (Å²) in [5.41, 5.74) is 2.88. The van der Waals surface area contributed by atoms with Crippen LogP contribution in [-0.2, 0) is 9.47 Å². The molecule has 1 aliphatic carbocycles. The zero-order valence-electron chi connectivity index (χ0n) is 13.7. The summed E-state index contributed by atoms with van der Waals surface area (Å²) in [5.74, 6) is 0.812. The van der Waals surface area contributed by atoms with E-state index in [1.165, 1.54) is 0 Å². The molecule has 1 fully saturated rings. The Hall–Kier alpha value is -1.62. The number of allylic oxidation sites excluding steroid dienone is 1. The van der Waals surface area contributed by atoms with Gasteiger partial charge < -0.3 is 19.3 Å². The lowest BCUT2D eigenvalue weighted by Crippen LogP contribution is -2.38. The fourth-order valence-corrected chi connectivity index (χ4v) is 3.44. The summed E-state index contributed by atoms with van der Waals surface area (Å²) in [5, 5.41) is 9.81. The molecule has 1 aromatic carbocycles. The first-order valence-electron chi connectivity index (χ1n) is 7.99. The molecule has 1 saturated heterocycles. The molecule has 0 aromatic heterocycles. The smallest absolute Gasteiger partial charge is 0.184 e. The van der Waals surface area contributed by atoms with Crippen LogP contribution in [0.4, 0.5) is 0 Å². The van der Waals surface area contributed by atoms with Gasteiger partial charge in [-0.15, -0.1) is 6.58 Å². The van der Waals surface area contributed by atoms with Gasteiger partial charge in [-0.1, -0.05) is 25.1 Å². The van der Waals surface area contributed by atoms with E-state index in [0.717, 1.165) is 35.3 Å². The molecule has 3 rings (SSSR count). The third kappa shape index (κ3) is 2.94. The monoisotopic (exact) mass is 316 g/mol. The van der Waals surface area contributed by atoms with Crippen molar-refractivity contribution in [3.05, 3.63) is 53.6 Å². The third-order valence-corrected chi connectivity index (χ3v) is 5.07. The van der Waals surface area contributed by atoms with Gasteiger partial charge in [-0.2, -0.15) is 0 Å². The summed E-state index contributed by atoms with van der Waals surface area (Å²) in [6.07, 6.45) is 3.40. The average Bonchev–Trinajstić information content (AvgIpc) is 2.61. The summed E-state index contributed by atoms with van der Waals surface area (Å²) < 4.78 is 17.2. The van der Waals surface area contributed by atoms with Crippen LogP contribution >= 0.6 is 0 Å². The highest BCUT2D eigenvalue weighted by molar-refractivity contribution is 5.34. The van der Waals surface area contributed by atoms with Crippen molar-refractivity contribution in [2.75, 3.05) is 20.3 Å². The molecule has 4 heteroatoms. The Morgan fingerprint density at radius 1 is 1.39 bits per heavy atom. The number of hydrogen-bond acceptors (Lipinski definition) is 4. The second kappa shape index (κ2) is 6.48. The Balaban J connectivity index is 1.82. The molecule has 1 N–H and O–H groups in total. The lowest BCUT2D eigenvalue weighted by Gasteiger charge is -2.43. The molecule has 0 spiro atoms. The fraction of sp³-hybridized carbons (Fsp3) is 0.474. The van der Waals surface area contributed by atoms with E-state index in [1.54, 1.807) is 7.11 Å². The van der Waals surface area contributed by atoms with E-state index >= 15 is 0 Å². The molecule has 0 saturated carbocycles. The summed E-state index contributed by atoms with van der Waals surface area (Å²) in [6, 6.07) is 7.73. The van der Waals surface area contributed by atoms with E-state index < -0.39 is 0 Å². The van der Waals surface area contributed by atoms with Crippen molar-refractivity contribution in [3.63, 3.8) is 0 Å². The lowest BCUT2D eigenvalue weighted by molar-refractivity contribution is -0.197. The molecule has 0 bridgehead atoms. The van der Waals surface area contributed by atoms with Gasteiger partial charge in [0.1, 0.15) is 5.75 Å². The highest BCUT2D eigenvalue weighted by atomic mass is 16.7. The van der Waals surface area contributed by atoms with Crippen LogP contribution in [0.15, 0.2) is 48.1 Å². The van der Waals surface area contributed by atoms with Crippen molar-refractivity contribution >= 4 is 0 Å². The standard InChI is InChI=1S/C19H24O4/c1-4-19(2)10-9-17-15(16(19)11-20)12-22-18(23-17)13-5-7-14(21-3)8-6-13/h4-8,17-18,20H,1,9-12H2,2-3H3/t17-,18?,19+/m0/s1. The molecule has 1 unspecified atom stereocenters. The zero-order chi connectivity index (χ0) is 16.4. The number of fused-ring (bicyclic) bond motifs is 1. The first-order valence-corrected chi connectivity index (χ1v) is 7.99. The average molecular weight is 316 g/mol. The van der Waals surface area contributed by atoms with E-state index in [0.29, 0.717) is 6.61 Å². The van der Waals surface area contributed by atoms with Crippen LogP contribution in [0.2, 0.25) is 0 Å². The van der Waals surface area contributed by atoms with E-state index in [-0.39, 0.29) is 24.4 Å². The minimum atomic E-state index is -0.373. The molecule has 23 heavy (non-hydrogen) atoms. The van der Waals surface area contributed by atoms with Gasteiger partial charge in [0.25, 0.3) is 0 Å². The Morgan fingerprint density at radius 3 is 2.74 bits per heavy atom. The predicted molar refractivity (Wildman–Crippen MR) is 88.2 cm³/mol. The molecule has 4 nitrogen and oxygen atoms in total. The van der Waals surface area contributed by atoms with Crippen LogP contribution in [0, 0.1) is 5.41 Å². The van der Waals surface area contributed by atoms with Crippen LogP contribution in [0.5, 0.6) is 5.75 Å². The van der Waals surface area contributed by atoms with Gasteiger partial charge in [-0.05, 0) is 36.1 Å². The fourth-order valence-electron chi connectivity index (χ4n) is 3.44. The quantitative estimate of drug-likeness (QED) is 0.865. The normalized spacial score (nSPS) is 30.7. The first kappa shape index (κ1) is 16.2. The van der Waals surface area contributed by atoms with Crippen LogP contribution in [0.25, 0.3) is 0 Å². The molecular weight excluding hydrogens is 292 g/mol. The molecule has 124 valence electrons. The lowest BCUT2D eigenvalue weighted by atomic mass is 9.70. The molecule has 3 atom stereocenters. The molecule has 1 aromatic rings. The topological polar surface area (TPSA) is 47.9 Å². The van der Waals surface area contributed by atoms with E-state index in [9.17, 15) is 5.11 Å². The van der Waals surface area contributed by atoms with E-state index in [2.05, 4.69) is 13.5 Å². The van der Waals surface area contributed by atoms with Gasteiger partial charge in [-0.3, -0.25) is 0 Å². The van der Waals surface area contributed by atoms with Gasteiger partial charge >= 0.3 is 0 Å². The highest BCUT2D eigenvalue weighted by Gasteiger charge is 2.40. The number of rotatable bonds is 4. The predicted octanol–water partition coefficient (Wildman–Crippen LogP) is 3.38. The third-order valence-electron chi connectivity index (χ3n) is 5.07. The maximum Gasteiger partial charge on any atom is 0.184 e. The van der Waals surface area contributed by atoms with E-state index in [4.69, 9.17) is 14.2 Å². The SMILES string of the molecule is C=C[C@]1(C)CC[C@@H]2OC(c3ccc(OC)cc3)OCC2=C1CO. The van der Waals surface area contributed by atoms with Crippen LogP contribution in [0.1, 0.15) is 31.6 Å². The number of aliphatic hydroxyl groups is 1. The van der Waals surface area contributed by atoms with Crippen LogP contribution in [-0.4, -0.2) is 31.5 Å². The minimum absolute atomic E-state index is 0.00558. The summed E-state index contributed by atoms with van der Waals surface area (Å²) in [6.45, 7) is 6.56. The second-order valence-corrected chi connectivity index (χ2v) is 6.36. The molecular formula is C19H24O4. The van der Waals surface area contributed by atoms with Gasteiger partial charge in [0.15, 0.2) is 6.29 Å². The first-order chi connectivity index (χ1) is 11.1. The molecule has 1 aliphatic heterocycles.